The molecule has 2 aromatic heterocycles. The fraction of sp³-hybridized carbons (Fsp3) is 0.373. The lowest BCUT2D eigenvalue weighted by atomic mass is 9.98. The van der Waals surface area contributed by atoms with E-state index in [9.17, 15) is 46.1 Å². The number of hydrogen-bond donors (Lipinski definition) is 2. The molecule has 0 radical (unpaired) electrons. The Kier molecular flexibility index (Phi) is 15.8. The van der Waals surface area contributed by atoms with Gasteiger partial charge in [-0.1, -0.05) is 37.1 Å². The smallest absolute Gasteiger partial charge is 0.416 e. The molecule has 1 fully saturated rings. The molecule has 1 aliphatic rings. The number of thiazole rings is 2. The Balaban J connectivity index is 0.000000229. The molecule has 18 heteroatoms. The van der Waals surface area contributed by atoms with E-state index in [2.05, 4.69) is 9.97 Å². The van der Waals surface area contributed by atoms with Crippen molar-refractivity contribution < 1.29 is 65.1 Å². The first-order valence-corrected chi connectivity index (χ1v) is 23.5. The van der Waals surface area contributed by atoms with E-state index < -0.39 is 46.6 Å². The van der Waals surface area contributed by atoms with Gasteiger partial charge in [0.25, 0.3) is 0 Å². The predicted molar refractivity (Wildman–Crippen MR) is 251 cm³/mol. The summed E-state index contributed by atoms with van der Waals surface area (Å²) in [6.45, 7) is 13.5. The summed E-state index contributed by atoms with van der Waals surface area (Å²) in [6.07, 6.45) is -4.74. The fourth-order valence-electron chi connectivity index (χ4n) is 7.28. The maximum atomic E-state index is 13.0. The van der Waals surface area contributed by atoms with E-state index in [1.54, 1.807) is 37.3 Å². The van der Waals surface area contributed by atoms with Gasteiger partial charge in [0.1, 0.15) is 45.7 Å². The van der Waals surface area contributed by atoms with Crippen molar-refractivity contribution in [3.63, 3.8) is 0 Å². The van der Waals surface area contributed by atoms with Gasteiger partial charge in [-0.05, 0) is 140 Å². The Hall–Kier alpha value is -6.14. The van der Waals surface area contributed by atoms with Crippen LogP contribution >= 0.6 is 22.7 Å². The van der Waals surface area contributed by atoms with E-state index in [1.165, 1.54) is 74.6 Å². The van der Waals surface area contributed by atoms with Crippen LogP contribution in [-0.2, 0) is 28.5 Å². The number of rotatable bonds is 15. The molecule has 0 saturated heterocycles. The molecule has 368 valence electrons. The summed E-state index contributed by atoms with van der Waals surface area (Å²) in [6, 6.07) is 20.4. The first-order chi connectivity index (χ1) is 32.2. The number of nitrogens with zero attached hydrogens (tertiary/aromatic N) is 2. The molecule has 6 aromatic rings. The summed E-state index contributed by atoms with van der Waals surface area (Å²) in [7, 11) is 0. The van der Waals surface area contributed by atoms with E-state index in [0.29, 0.717) is 50.1 Å². The van der Waals surface area contributed by atoms with Crippen LogP contribution in [0.1, 0.15) is 103 Å². The number of carboxylic acids is 2. The van der Waals surface area contributed by atoms with Crippen molar-refractivity contribution in [1.29, 1.82) is 0 Å². The lowest BCUT2D eigenvalue weighted by molar-refractivity contribution is -0.152. The molecular weight excluding hydrogens is 947 g/mol. The summed E-state index contributed by atoms with van der Waals surface area (Å²) in [5, 5.41) is 19.9. The van der Waals surface area contributed by atoms with Crippen molar-refractivity contribution in [3.8, 4) is 44.1 Å². The molecule has 10 nitrogen and oxygen atoms in total. The highest BCUT2D eigenvalue weighted by Gasteiger charge is 2.35. The number of benzene rings is 4. The summed E-state index contributed by atoms with van der Waals surface area (Å²) >= 11 is 2.81. The minimum atomic E-state index is -4.38. The number of carboxylic acid groups (broad SMARTS) is 2. The second-order valence-corrected chi connectivity index (χ2v) is 19.8. The van der Waals surface area contributed by atoms with E-state index in [4.69, 9.17) is 18.9 Å². The number of carbonyl (C=O) groups is 2. The van der Waals surface area contributed by atoms with Crippen molar-refractivity contribution in [3.05, 3.63) is 128 Å². The average molecular weight is 999 g/mol. The largest absolute Gasteiger partial charge is 0.488 e. The number of aliphatic carboxylic acids is 2. The first-order valence-electron chi connectivity index (χ1n) is 21.9. The van der Waals surface area contributed by atoms with Gasteiger partial charge >= 0.3 is 24.3 Å². The topological polar surface area (TPSA) is 137 Å². The molecule has 1 saturated carbocycles. The van der Waals surface area contributed by atoms with Gasteiger partial charge in [-0.15, -0.1) is 22.7 Å². The highest BCUT2D eigenvalue weighted by molar-refractivity contribution is 7.15. The Morgan fingerprint density at radius 2 is 1.07 bits per heavy atom. The lowest BCUT2D eigenvalue weighted by Crippen LogP contribution is -2.38. The first kappa shape index (κ1) is 52.2. The van der Waals surface area contributed by atoms with Gasteiger partial charge < -0.3 is 29.2 Å². The molecule has 0 aliphatic heterocycles. The Morgan fingerprint density at radius 3 is 1.52 bits per heavy atom. The standard InChI is InChI=1S/C28H30F3NO4S.C23H22F3NO4S/c1-16-15-21(13-14-22(16)36-27(3,4)26(33)34)35-23(18-7-5-6-8-18)24-17(2)32-25(37-24)19-9-11-20(12-10-19)28(29,30)31;1-13-11-17(9-10-18(13)31-22(3,4)21(28)29)30-12-19-14(2)27-20(32-19)15-5-7-16(8-6-15)23(24,25)26/h9-15,18,23H,5-8H2,1-4H3,(H,33,34);5-11H,12H2,1-4H3,(H,28,29). The average Bonchev–Trinajstić information content (AvgIpc) is 4.04. The van der Waals surface area contributed by atoms with Crippen LogP contribution in [0.5, 0.6) is 23.0 Å². The Bertz CT molecular complexity index is 2760. The van der Waals surface area contributed by atoms with Crippen molar-refractivity contribution in [2.45, 2.75) is 117 Å². The number of ether oxygens (including phenoxy) is 4. The van der Waals surface area contributed by atoms with E-state index >= 15 is 0 Å². The van der Waals surface area contributed by atoms with Crippen molar-refractivity contribution in [2.75, 3.05) is 0 Å². The molecule has 1 atom stereocenters. The molecule has 0 spiro atoms. The van der Waals surface area contributed by atoms with Gasteiger partial charge in [0.05, 0.1) is 32.3 Å². The summed E-state index contributed by atoms with van der Waals surface area (Å²) < 4.78 is 101. The minimum Gasteiger partial charge on any atom is -0.488 e. The number of halogens is 6. The zero-order valence-corrected chi connectivity index (χ0v) is 40.7. The SMILES string of the molecule is Cc1cc(OC(c2sc(-c3ccc(C(F)(F)F)cc3)nc2C)C2CCCC2)ccc1OC(C)(C)C(=O)O.Cc1cc(OCc2sc(-c3ccc(C(F)(F)F)cc3)nc2C)ccc1OC(C)(C)C(=O)O. The zero-order valence-electron chi connectivity index (χ0n) is 39.1. The van der Waals surface area contributed by atoms with Crippen LogP contribution in [0.25, 0.3) is 21.1 Å². The van der Waals surface area contributed by atoms with Gasteiger partial charge in [-0.3, -0.25) is 0 Å². The van der Waals surface area contributed by atoms with Crippen LogP contribution in [0, 0.1) is 33.6 Å². The van der Waals surface area contributed by atoms with Gasteiger partial charge in [-0.25, -0.2) is 19.6 Å². The molecule has 69 heavy (non-hydrogen) atoms. The van der Waals surface area contributed by atoms with Crippen molar-refractivity contribution in [1.82, 2.24) is 9.97 Å². The van der Waals surface area contributed by atoms with E-state index in [1.807, 2.05) is 26.8 Å². The second-order valence-electron chi connectivity index (χ2n) is 17.7. The van der Waals surface area contributed by atoms with Crippen LogP contribution in [0.15, 0.2) is 84.9 Å². The molecule has 0 bridgehead atoms. The Labute approximate surface area is 403 Å². The lowest BCUT2D eigenvalue weighted by Gasteiger charge is -2.26. The second kappa shape index (κ2) is 20.8. The number of aryl methyl sites for hydroxylation is 4. The molecule has 7 rings (SSSR count). The van der Waals surface area contributed by atoms with Crippen molar-refractivity contribution in [2.24, 2.45) is 5.92 Å². The summed E-state index contributed by atoms with van der Waals surface area (Å²) in [5.41, 5.74) is 0.147. The van der Waals surface area contributed by atoms with Crippen LogP contribution in [-0.4, -0.2) is 43.3 Å². The van der Waals surface area contributed by atoms with Crippen molar-refractivity contribution >= 4 is 34.6 Å². The Morgan fingerprint density at radius 1 is 0.638 bits per heavy atom. The maximum Gasteiger partial charge on any atom is 0.416 e. The monoisotopic (exact) mass is 998 g/mol. The van der Waals surface area contributed by atoms with Crippen LogP contribution < -0.4 is 18.9 Å². The minimum absolute atomic E-state index is 0.240. The molecule has 2 heterocycles. The quantitative estimate of drug-likeness (QED) is 0.0957. The zero-order chi connectivity index (χ0) is 50.6. The highest BCUT2D eigenvalue weighted by Crippen LogP contribution is 2.44. The number of alkyl halides is 6. The van der Waals surface area contributed by atoms with Gasteiger partial charge in [0, 0.05) is 17.0 Å². The third-order valence-corrected chi connectivity index (χ3v) is 13.9. The van der Waals surface area contributed by atoms with E-state index in [-0.39, 0.29) is 12.7 Å². The number of aromatic nitrogens is 2. The molecule has 0 amide bonds. The highest BCUT2D eigenvalue weighted by atomic mass is 32.1. The van der Waals surface area contributed by atoms with Gasteiger partial charge in [0.15, 0.2) is 11.2 Å². The molecule has 1 unspecified atom stereocenters. The maximum absolute atomic E-state index is 13.0. The molecular formula is C51H52F6N2O8S2. The van der Waals surface area contributed by atoms with Crippen LogP contribution in [0.4, 0.5) is 26.3 Å². The van der Waals surface area contributed by atoms with Crippen LogP contribution in [0.3, 0.4) is 0 Å². The molecule has 1 aliphatic carbocycles. The third kappa shape index (κ3) is 13.1. The molecule has 4 aromatic carbocycles. The van der Waals surface area contributed by atoms with E-state index in [0.717, 1.165) is 82.2 Å². The predicted octanol–water partition coefficient (Wildman–Crippen LogP) is 14.3. The summed E-state index contributed by atoms with van der Waals surface area (Å²) in [5.74, 6) is 0.297. The van der Waals surface area contributed by atoms with Gasteiger partial charge in [0.2, 0.25) is 0 Å². The fourth-order valence-corrected chi connectivity index (χ4v) is 9.45. The summed E-state index contributed by atoms with van der Waals surface area (Å²) in [4.78, 5) is 33.6. The molecule has 2 N–H and O–H groups in total. The third-order valence-electron chi connectivity index (χ3n) is 11.4. The van der Waals surface area contributed by atoms with Crippen LogP contribution in [0.2, 0.25) is 0 Å². The normalized spacial score (nSPS) is 13.9. The number of hydrogen-bond acceptors (Lipinski definition) is 10. The van der Waals surface area contributed by atoms with Gasteiger partial charge in [-0.2, -0.15) is 26.3 Å².